The van der Waals surface area contributed by atoms with Gasteiger partial charge in [-0.15, -0.1) is 0 Å². The van der Waals surface area contributed by atoms with Crippen LogP contribution >= 0.6 is 0 Å². The third kappa shape index (κ3) is 8.90. The topological polar surface area (TPSA) is 43.4 Å². The van der Waals surface area contributed by atoms with E-state index in [1.54, 1.807) is 0 Å². The average Bonchev–Trinajstić information content (AvgIpc) is 2.43. The predicted molar refractivity (Wildman–Crippen MR) is 86.9 cm³/mol. The number of hydrogen-bond donors (Lipinski definition) is 0. The van der Waals surface area contributed by atoms with E-state index in [1.165, 1.54) is 12.8 Å². The molecule has 0 saturated heterocycles. The molecule has 0 aromatic rings. The Balaban J connectivity index is 4.13. The fourth-order valence-corrected chi connectivity index (χ4v) is 2.24. The van der Waals surface area contributed by atoms with Gasteiger partial charge in [0.2, 0.25) is 0 Å². The van der Waals surface area contributed by atoms with Crippen LogP contribution in [-0.4, -0.2) is 11.9 Å². The zero-order valence-electron chi connectivity index (χ0n) is 14.7. The van der Waals surface area contributed by atoms with Crippen molar-refractivity contribution in [2.24, 2.45) is 11.3 Å². The van der Waals surface area contributed by atoms with Crippen molar-refractivity contribution in [3.8, 4) is 0 Å². The Labute approximate surface area is 130 Å². The molecule has 0 aromatic carbocycles. The van der Waals surface area contributed by atoms with Crippen LogP contribution in [0, 0.1) is 11.3 Å². The van der Waals surface area contributed by atoms with Gasteiger partial charge in [-0.1, -0.05) is 65.7 Å². The molecule has 0 aliphatic heterocycles. The lowest BCUT2D eigenvalue weighted by Crippen LogP contribution is -2.30. The van der Waals surface area contributed by atoms with Gasteiger partial charge in [0.1, 0.15) is 0 Å². The third-order valence-electron chi connectivity index (χ3n) is 4.04. The third-order valence-corrected chi connectivity index (χ3v) is 4.04. The van der Waals surface area contributed by atoms with Crippen molar-refractivity contribution >= 4 is 11.9 Å². The molecule has 0 aliphatic carbocycles. The minimum Gasteiger partial charge on any atom is -0.393 e. The van der Waals surface area contributed by atoms with Crippen LogP contribution in [-0.2, 0) is 14.3 Å². The maximum Gasteiger partial charge on any atom is 0.319 e. The predicted octanol–water partition coefficient (Wildman–Crippen LogP) is 5.27. The van der Waals surface area contributed by atoms with Crippen LogP contribution in [0.25, 0.3) is 0 Å². The van der Waals surface area contributed by atoms with Crippen LogP contribution in [0.2, 0.25) is 0 Å². The Morgan fingerprint density at radius 2 is 1.52 bits per heavy atom. The van der Waals surface area contributed by atoms with E-state index in [1.807, 2.05) is 20.8 Å². The first-order valence-corrected chi connectivity index (χ1v) is 8.61. The highest BCUT2D eigenvalue weighted by Gasteiger charge is 2.31. The SMILES string of the molecule is CCCCCCC(C)C(=O)OC(=O)C(C)(C)CCCCC. The first-order chi connectivity index (χ1) is 9.85. The maximum absolute atomic E-state index is 12.1. The molecule has 0 rings (SSSR count). The summed E-state index contributed by atoms with van der Waals surface area (Å²) in [5.74, 6) is -0.915. The first kappa shape index (κ1) is 20.1. The zero-order chi connectivity index (χ0) is 16.3. The molecule has 124 valence electrons. The maximum atomic E-state index is 12.1. The molecule has 0 radical (unpaired) electrons. The highest BCUT2D eigenvalue weighted by Crippen LogP contribution is 2.26. The molecule has 1 unspecified atom stereocenters. The minimum absolute atomic E-state index is 0.183. The van der Waals surface area contributed by atoms with Crippen LogP contribution in [0.15, 0.2) is 0 Å². The van der Waals surface area contributed by atoms with Gasteiger partial charge < -0.3 is 4.74 Å². The summed E-state index contributed by atoms with van der Waals surface area (Å²) >= 11 is 0. The highest BCUT2D eigenvalue weighted by atomic mass is 16.6. The van der Waals surface area contributed by atoms with E-state index in [2.05, 4.69) is 13.8 Å². The molecular formula is C18H34O3. The number of esters is 2. The van der Waals surface area contributed by atoms with Gasteiger partial charge in [-0.3, -0.25) is 9.59 Å². The smallest absolute Gasteiger partial charge is 0.319 e. The van der Waals surface area contributed by atoms with Crippen molar-refractivity contribution in [2.75, 3.05) is 0 Å². The lowest BCUT2D eigenvalue weighted by molar-refractivity contribution is -0.169. The summed E-state index contributed by atoms with van der Waals surface area (Å²) in [7, 11) is 0. The molecule has 3 nitrogen and oxygen atoms in total. The second kappa shape index (κ2) is 10.8. The lowest BCUT2D eigenvalue weighted by Gasteiger charge is -2.22. The summed E-state index contributed by atoms with van der Waals surface area (Å²) in [5.41, 5.74) is -0.563. The first-order valence-electron chi connectivity index (χ1n) is 8.61. The summed E-state index contributed by atoms with van der Waals surface area (Å²) in [4.78, 5) is 24.1. The molecular weight excluding hydrogens is 264 g/mol. The molecule has 1 atom stereocenters. The van der Waals surface area contributed by atoms with Gasteiger partial charge in [0, 0.05) is 0 Å². The number of rotatable bonds is 11. The van der Waals surface area contributed by atoms with Crippen LogP contribution in [0.1, 0.15) is 92.4 Å². The Morgan fingerprint density at radius 1 is 0.952 bits per heavy atom. The fourth-order valence-electron chi connectivity index (χ4n) is 2.24. The van der Waals surface area contributed by atoms with Gasteiger partial charge in [0.25, 0.3) is 0 Å². The van der Waals surface area contributed by atoms with Crippen LogP contribution in [0.4, 0.5) is 0 Å². The van der Waals surface area contributed by atoms with E-state index in [9.17, 15) is 9.59 Å². The molecule has 0 heterocycles. The quantitative estimate of drug-likeness (QED) is 0.296. The van der Waals surface area contributed by atoms with E-state index >= 15 is 0 Å². The van der Waals surface area contributed by atoms with E-state index in [-0.39, 0.29) is 17.9 Å². The Hall–Kier alpha value is -0.860. The van der Waals surface area contributed by atoms with E-state index in [0.717, 1.165) is 44.9 Å². The van der Waals surface area contributed by atoms with Gasteiger partial charge in [-0.05, 0) is 26.7 Å². The molecule has 0 bridgehead atoms. The molecule has 0 saturated carbocycles. The number of ether oxygens (including phenoxy) is 1. The van der Waals surface area contributed by atoms with Gasteiger partial charge >= 0.3 is 11.9 Å². The zero-order valence-corrected chi connectivity index (χ0v) is 14.7. The number of unbranched alkanes of at least 4 members (excludes halogenated alkanes) is 5. The highest BCUT2D eigenvalue weighted by molar-refractivity contribution is 5.89. The Bertz CT molecular complexity index is 308. The minimum atomic E-state index is -0.563. The molecule has 0 amide bonds. The summed E-state index contributed by atoms with van der Waals surface area (Å²) in [6.45, 7) is 9.88. The number of hydrogen-bond acceptors (Lipinski definition) is 3. The number of carbonyl (C=O) groups is 2. The molecule has 0 aromatic heterocycles. The van der Waals surface area contributed by atoms with Gasteiger partial charge in [0.05, 0.1) is 11.3 Å². The molecule has 0 aliphatic rings. The van der Waals surface area contributed by atoms with Crippen molar-refractivity contribution < 1.29 is 14.3 Å². The second-order valence-electron chi connectivity index (χ2n) is 6.80. The Kier molecular flexibility index (Phi) is 10.4. The Morgan fingerprint density at radius 3 is 2.10 bits per heavy atom. The summed E-state index contributed by atoms with van der Waals surface area (Å²) < 4.78 is 5.09. The van der Waals surface area contributed by atoms with Gasteiger partial charge in [0.15, 0.2) is 0 Å². The summed E-state index contributed by atoms with van der Waals surface area (Å²) in [6.07, 6.45) is 9.37. The second-order valence-corrected chi connectivity index (χ2v) is 6.80. The largest absolute Gasteiger partial charge is 0.393 e. The molecule has 0 spiro atoms. The van der Waals surface area contributed by atoms with Crippen molar-refractivity contribution in [3.63, 3.8) is 0 Å². The van der Waals surface area contributed by atoms with Crippen molar-refractivity contribution in [3.05, 3.63) is 0 Å². The standard InChI is InChI=1S/C18H34O3/c1-6-8-10-11-13-15(3)16(19)21-17(20)18(4,5)14-12-9-7-2/h15H,6-14H2,1-5H3. The summed E-state index contributed by atoms with van der Waals surface area (Å²) in [6, 6.07) is 0. The van der Waals surface area contributed by atoms with Crippen LogP contribution < -0.4 is 0 Å². The van der Waals surface area contributed by atoms with Gasteiger partial charge in [-0.2, -0.15) is 0 Å². The van der Waals surface area contributed by atoms with E-state index in [4.69, 9.17) is 4.74 Å². The van der Waals surface area contributed by atoms with Crippen molar-refractivity contribution in [1.82, 2.24) is 0 Å². The molecule has 0 N–H and O–H groups in total. The van der Waals surface area contributed by atoms with Crippen LogP contribution in [0.3, 0.4) is 0 Å². The van der Waals surface area contributed by atoms with Gasteiger partial charge in [-0.25, -0.2) is 0 Å². The average molecular weight is 298 g/mol. The number of carbonyl (C=O) groups excluding carboxylic acids is 2. The van der Waals surface area contributed by atoms with Crippen molar-refractivity contribution in [1.29, 1.82) is 0 Å². The molecule has 3 heteroatoms. The van der Waals surface area contributed by atoms with Crippen molar-refractivity contribution in [2.45, 2.75) is 92.4 Å². The monoisotopic (exact) mass is 298 g/mol. The van der Waals surface area contributed by atoms with E-state index < -0.39 is 5.41 Å². The molecule has 0 fully saturated rings. The molecule has 21 heavy (non-hydrogen) atoms. The lowest BCUT2D eigenvalue weighted by atomic mass is 9.87. The summed E-state index contributed by atoms with van der Waals surface area (Å²) in [5, 5.41) is 0. The van der Waals surface area contributed by atoms with Crippen LogP contribution in [0.5, 0.6) is 0 Å². The normalized spacial score (nSPS) is 13.0. The van der Waals surface area contributed by atoms with E-state index in [0.29, 0.717) is 0 Å². The fraction of sp³-hybridized carbons (Fsp3) is 0.889.